The lowest BCUT2D eigenvalue weighted by molar-refractivity contribution is -0.386. The van der Waals surface area contributed by atoms with Crippen LogP contribution in [-0.4, -0.2) is 18.0 Å². The number of para-hydroxylation sites is 1. The molecule has 2 aromatic carbocycles. The highest BCUT2D eigenvalue weighted by Crippen LogP contribution is 2.33. The van der Waals surface area contributed by atoms with Crippen LogP contribution in [0, 0.1) is 17.0 Å². The smallest absolute Gasteiger partial charge is 0.337 e. The van der Waals surface area contributed by atoms with Gasteiger partial charge in [0.15, 0.2) is 0 Å². The molecule has 0 radical (unpaired) electrons. The van der Waals surface area contributed by atoms with E-state index in [1.54, 1.807) is 31.2 Å². The summed E-state index contributed by atoms with van der Waals surface area (Å²) in [6, 6.07) is 11.0. The molecule has 6 nitrogen and oxygen atoms in total. The van der Waals surface area contributed by atoms with Crippen LogP contribution in [0.5, 0.6) is 11.5 Å². The predicted molar refractivity (Wildman–Crippen MR) is 75.7 cm³/mol. The van der Waals surface area contributed by atoms with Crippen LogP contribution in [0.2, 0.25) is 0 Å². The van der Waals surface area contributed by atoms with E-state index in [9.17, 15) is 14.9 Å². The highest BCUT2D eigenvalue weighted by atomic mass is 16.6. The fourth-order valence-electron chi connectivity index (χ4n) is 1.85. The topological polar surface area (TPSA) is 78.7 Å². The molecule has 0 aromatic heterocycles. The molecule has 2 rings (SSSR count). The highest BCUT2D eigenvalue weighted by Gasteiger charge is 2.18. The number of rotatable bonds is 4. The van der Waals surface area contributed by atoms with Gasteiger partial charge in [-0.05, 0) is 37.3 Å². The van der Waals surface area contributed by atoms with E-state index >= 15 is 0 Å². The number of ether oxygens (including phenoxy) is 2. The minimum Gasteiger partial charge on any atom is -0.465 e. The average Bonchev–Trinajstić information content (AvgIpc) is 2.47. The van der Waals surface area contributed by atoms with Gasteiger partial charge in [0.2, 0.25) is 5.75 Å². The molecule has 0 aliphatic rings. The van der Waals surface area contributed by atoms with Gasteiger partial charge in [-0.25, -0.2) is 4.79 Å². The summed E-state index contributed by atoms with van der Waals surface area (Å²) in [6.07, 6.45) is 0. The van der Waals surface area contributed by atoms with Crippen molar-refractivity contribution in [2.24, 2.45) is 0 Å². The molecular formula is C15H13NO5. The van der Waals surface area contributed by atoms with E-state index in [0.29, 0.717) is 16.9 Å². The first-order valence-electron chi connectivity index (χ1n) is 6.13. The molecule has 0 heterocycles. The van der Waals surface area contributed by atoms with Crippen LogP contribution >= 0.6 is 0 Å². The van der Waals surface area contributed by atoms with Crippen molar-refractivity contribution in [3.63, 3.8) is 0 Å². The van der Waals surface area contributed by atoms with Gasteiger partial charge in [-0.3, -0.25) is 10.1 Å². The van der Waals surface area contributed by atoms with Gasteiger partial charge in [-0.2, -0.15) is 0 Å². The Morgan fingerprint density at radius 3 is 2.38 bits per heavy atom. The zero-order valence-corrected chi connectivity index (χ0v) is 11.5. The number of nitrogens with zero attached hydrogens (tertiary/aromatic N) is 1. The lowest BCUT2D eigenvalue weighted by Crippen LogP contribution is -2.00. The van der Waals surface area contributed by atoms with Crippen LogP contribution < -0.4 is 4.74 Å². The van der Waals surface area contributed by atoms with Gasteiger partial charge in [-0.15, -0.1) is 0 Å². The zero-order valence-electron chi connectivity index (χ0n) is 11.5. The SMILES string of the molecule is COC(=O)c1ccc(Oc2cccc(C)c2[N+](=O)[O-])cc1. The summed E-state index contributed by atoms with van der Waals surface area (Å²) in [5.41, 5.74) is 0.821. The minimum absolute atomic E-state index is 0.0745. The summed E-state index contributed by atoms with van der Waals surface area (Å²) < 4.78 is 10.1. The van der Waals surface area contributed by atoms with Gasteiger partial charge >= 0.3 is 11.7 Å². The van der Waals surface area contributed by atoms with Crippen molar-refractivity contribution < 1.29 is 19.2 Å². The Kier molecular flexibility index (Phi) is 4.18. The molecule has 0 fully saturated rings. The number of carbonyl (C=O) groups excluding carboxylic acids is 1. The lowest BCUT2D eigenvalue weighted by atomic mass is 10.2. The highest BCUT2D eigenvalue weighted by molar-refractivity contribution is 5.89. The molecule has 0 saturated heterocycles. The van der Waals surface area contributed by atoms with E-state index in [2.05, 4.69) is 4.74 Å². The molecule has 0 bridgehead atoms. The molecule has 21 heavy (non-hydrogen) atoms. The number of nitro groups is 1. The summed E-state index contributed by atoms with van der Waals surface area (Å²) in [4.78, 5) is 21.9. The Hall–Kier alpha value is -2.89. The molecule has 2 aromatic rings. The Bertz CT molecular complexity index is 679. The largest absolute Gasteiger partial charge is 0.465 e. The van der Waals surface area contributed by atoms with Gasteiger partial charge in [0.1, 0.15) is 5.75 Å². The molecular weight excluding hydrogens is 274 g/mol. The first-order chi connectivity index (χ1) is 10.0. The second-order valence-electron chi connectivity index (χ2n) is 4.30. The van der Waals surface area contributed by atoms with Crippen molar-refractivity contribution in [2.75, 3.05) is 7.11 Å². The molecule has 0 N–H and O–H groups in total. The van der Waals surface area contributed by atoms with E-state index in [1.807, 2.05) is 0 Å². The van der Waals surface area contributed by atoms with Crippen LogP contribution in [0.1, 0.15) is 15.9 Å². The Labute approximate surface area is 121 Å². The summed E-state index contributed by atoms with van der Waals surface area (Å²) in [6.45, 7) is 1.64. The number of hydrogen-bond donors (Lipinski definition) is 0. The zero-order chi connectivity index (χ0) is 15.4. The van der Waals surface area contributed by atoms with Crippen molar-refractivity contribution in [3.05, 3.63) is 63.7 Å². The number of esters is 1. The normalized spacial score (nSPS) is 10.0. The number of nitro benzene ring substituents is 1. The van der Waals surface area contributed by atoms with Crippen molar-refractivity contribution >= 4 is 11.7 Å². The van der Waals surface area contributed by atoms with Gasteiger partial charge in [0.05, 0.1) is 17.6 Å². The molecule has 0 atom stereocenters. The average molecular weight is 287 g/mol. The van der Waals surface area contributed by atoms with E-state index in [1.165, 1.54) is 25.3 Å². The molecule has 0 aliphatic carbocycles. The van der Waals surface area contributed by atoms with Gasteiger partial charge in [0, 0.05) is 5.56 Å². The van der Waals surface area contributed by atoms with Crippen LogP contribution in [0.25, 0.3) is 0 Å². The van der Waals surface area contributed by atoms with Gasteiger partial charge in [-0.1, -0.05) is 12.1 Å². The van der Waals surface area contributed by atoms with Crippen molar-refractivity contribution in [1.82, 2.24) is 0 Å². The summed E-state index contributed by atoms with van der Waals surface area (Å²) in [5, 5.41) is 11.1. The maximum absolute atomic E-state index is 11.3. The first kappa shape index (κ1) is 14.5. The molecule has 0 spiro atoms. The fraction of sp³-hybridized carbons (Fsp3) is 0.133. The Morgan fingerprint density at radius 2 is 1.81 bits per heavy atom. The number of benzene rings is 2. The number of hydrogen-bond acceptors (Lipinski definition) is 5. The maximum atomic E-state index is 11.3. The van der Waals surface area contributed by atoms with Crippen LogP contribution in [0.3, 0.4) is 0 Å². The third-order valence-corrected chi connectivity index (χ3v) is 2.89. The van der Waals surface area contributed by atoms with Crippen LogP contribution in [-0.2, 0) is 4.74 Å². The molecule has 0 unspecified atom stereocenters. The second-order valence-corrected chi connectivity index (χ2v) is 4.30. The van der Waals surface area contributed by atoms with Crippen molar-refractivity contribution in [3.8, 4) is 11.5 Å². The summed E-state index contributed by atoms with van der Waals surface area (Å²) in [5.74, 6) is 0.102. The maximum Gasteiger partial charge on any atom is 0.337 e. The third-order valence-electron chi connectivity index (χ3n) is 2.89. The Morgan fingerprint density at radius 1 is 1.14 bits per heavy atom. The van der Waals surface area contributed by atoms with Crippen molar-refractivity contribution in [1.29, 1.82) is 0 Å². The number of carbonyl (C=O) groups is 1. The lowest BCUT2D eigenvalue weighted by Gasteiger charge is -2.08. The fourth-order valence-corrected chi connectivity index (χ4v) is 1.85. The van der Waals surface area contributed by atoms with Crippen LogP contribution in [0.4, 0.5) is 5.69 Å². The molecule has 0 amide bonds. The molecule has 0 saturated carbocycles. The Balaban J connectivity index is 2.29. The predicted octanol–water partition coefficient (Wildman–Crippen LogP) is 3.48. The standard InChI is InChI=1S/C15H13NO5/c1-10-4-3-5-13(14(10)16(18)19)21-12-8-6-11(7-9-12)15(17)20-2/h3-9H,1-2H3. The second kappa shape index (κ2) is 6.04. The van der Waals surface area contributed by atoms with Gasteiger partial charge in [0.25, 0.3) is 0 Å². The van der Waals surface area contributed by atoms with E-state index < -0.39 is 10.9 Å². The molecule has 6 heteroatoms. The summed E-state index contributed by atoms with van der Waals surface area (Å²) >= 11 is 0. The van der Waals surface area contributed by atoms with Crippen LogP contribution in [0.15, 0.2) is 42.5 Å². The summed E-state index contributed by atoms with van der Waals surface area (Å²) in [7, 11) is 1.29. The quantitative estimate of drug-likeness (QED) is 0.488. The first-order valence-corrected chi connectivity index (χ1v) is 6.13. The van der Waals surface area contributed by atoms with Crippen molar-refractivity contribution in [2.45, 2.75) is 6.92 Å². The van der Waals surface area contributed by atoms with E-state index in [4.69, 9.17) is 4.74 Å². The van der Waals surface area contributed by atoms with E-state index in [-0.39, 0.29) is 11.4 Å². The minimum atomic E-state index is -0.479. The monoisotopic (exact) mass is 287 g/mol. The number of methoxy groups -OCH3 is 1. The number of aryl methyl sites for hydroxylation is 1. The third kappa shape index (κ3) is 3.17. The van der Waals surface area contributed by atoms with Gasteiger partial charge < -0.3 is 9.47 Å². The molecule has 108 valence electrons. The molecule has 0 aliphatic heterocycles. The van der Waals surface area contributed by atoms with E-state index in [0.717, 1.165) is 0 Å².